The highest BCUT2D eigenvalue weighted by molar-refractivity contribution is 5.97. The zero-order valence-corrected chi connectivity index (χ0v) is 16.2. The van der Waals surface area contributed by atoms with Gasteiger partial charge in [0.1, 0.15) is 5.52 Å². The molecule has 3 aromatic rings. The van der Waals surface area contributed by atoms with Crippen LogP contribution in [-0.2, 0) is 0 Å². The molecule has 2 aromatic carbocycles. The SMILES string of the molecule is Cc1ccccc1C1CCCN(C(=O)c2ccc3oc(C(C)C)nc3c2)C1. The number of hydrogen-bond donors (Lipinski definition) is 0. The highest BCUT2D eigenvalue weighted by atomic mass is 16.3. The van der Waals surface area contributed by atoms with Crippen LogP contribution in [0.4, 0.5) is 0 Å². The topological polar surface area (TPSA) is 46.3 Å². The Labute approximate surface area is 160 Å². The fourth-order valence-corrected chi connectivity index (χ4v) is 3.97. The van der Waals surface area contributed by atoms with Crippen LogP contribution < -0.4 is 0 Å². The number of fused-ring (bicyclic) bond motifs is 1. The van der Waals surface area contributed by atoms with E-state index in [0.717, 1.165) is 37.0 Å². The van der Waals surface area contributed by atoms with E-state index in [1.54, 1.807) is 0 Å². The quantitative estimate of drug-likeness (QED) is 0.637. The Kier molecular flexibility index (Phi) is 4.73. The van der Waals surface area contributed by atoms with Gasteiger partial charge in [0.05, 0.1) is 0 Å². The van der Waals surface area contributed by atoms with Crippen molar-refractivity contribution >= 4 is 17.0 Å². The molecule has 0 spiro atoms. The van der Waals surface area contributed by atoms with Gasteiger partial charge in [0.2, 0.25) is 0 Å². The van der Waals surface area contributed by atoms with Crippen LogP contribution in [0.25, 0.3) is 11.1 Å². The molecule has 0 aliphatic carbocycles. The summed E-state index contributed by atoms with van der Waals surface area (Å²) in [5.41, 5.74) is 4.87. The second-order valence-electron chi connectivity index (χ2n) is 7.84. The summed E-state index contributed by atoms with van der Waals surface area (Å²) in [6, 6.07) is 14.1. The van der Waals surface area contributed by atoms with Crippen molar-refractivity contribution in [2.45, 2.75) is 45.4 Å². The number of hydrogen-bond acceptors (Lipinski definition) is 3. The van der Waals surface area contributed by atoms with Crippen molar-refractivity contribution in [2.75, 3.05) is 13.1 Å². The fraction of sp³-hybridized carbons (Fsp3) is 0.391. The van der Waals surface area contributed by atoms with Crippen molar-refractivity contribution in [3.05, 3.63) is 65.0 Å². The largest absolute Gasteiger partial charge is 0.440 e. The summed E-state index contributed by atoms with van der Waals surface area (Å²) >= 11 is 0. The Morgan fingerprint density at radius 3 is 2.81 bits per heavy atom. The number of aromatic nitrogens is 1. The summed E-state index contributed by atoms with van der Waals surface area (Å²) in [5, 5.41) is 0. The first kappa shape index (κ1) is 17.8. The van der Waals surface area contributed by atoms with E-state index in [2.05, 4.69) is 50.0 Å². The minimum atomic E-state index is 0.0873. The van der Waals surface area contributed by atoms with Crippen molar-refractivity contribution in [1.29, 1.82) is 0 Å². The molecule has 1 fully saturated rings. The van der Waals surface area contributed by atoms with Crippen molar-refractivity contribution < 1.29 is 9.21 Å². The molecule has 1 atom stereocenters. The van der Waals surface area contributed by atoms with Gasteiger partial charge < -0.3 is 9.32 Å². The van der Waals surface area contributed by atoms with Gasteiger partial charge in [-0.3, -0.25) is 4.79 Å². The fourth-order valence-electron chi connectivity index (χ4n) is 3.97. The lowest BCUT2D eigenvalue weighted by Gasteiger charge is -2.33. The molecule has 1 aromatic heterocycles. The van der Waals surface area contributed by atoms with Crippen molar-refractivity contribution in [1.82, 2.24) is 9.88 Å². The number of benzene rings is 2. The van der Waals surface area contributed by atoms with Crippen molar-refractivity contribution in [3.8, 4) is 0 Å². The molecule has 140 valence electrons. The Hall–Kier alpha value is -2.62. The third-order valence-electron chi connectivity index (χ3n) is 5.48. The molecule has 4 heteroatoms. The smallest absolute Gasteiger partial charge is 0.253 e. The number of rotatable bonds is 3. The first-order chi connectivity index (χ1) is 13.0. The molecule has 0 N–H and O–H groups in total. The molecule has 1 saturated heterocycles. The number of carbonyl (C=O) groups excluding carboxylic acids is 1. The molecular formula is C23H26N2O2. The summed E-state index contributed by atoms with van der Waals surface area (Å²) in [5.74, 6) is 1.44. The molecule has 4 rings (SSSR count). The average Bonchev–Trinajstić information content (AvgIpc) is 3.11. The van der Waals surface area contributed by atoms with Crippen LogP contribution in [-0.4, -0.2) is 28.9 Å². The van der Waals surface area contributed by atoms with Gasteiger partial charge in [-0.25, -0.2) is 4.98 Å². The van der Waals surface area contributed by atoms with E-state index >= 15 is 0 Å². The third kappa shape index (κ3) is 3.48. The molecule has 0 radical (unpaired) electrons. The Morgan fingerprint density at radius 1 is 1.22 bits per heavy atom. The minimum absolute atomic E-state index is 0.0873. The number of aryl methyl sites for hydroxylation is 1. The zero-order valence-electron chi connectivity index (χ0n) is 16.2. The standard InChI is InChI=1S/C23H26N2O2/c1-15(2)22-24-20-13-17(10-11-21(20)27-22)23(26)25-12-6-8-18(14-25)19-9-5-4-7-16(19)3/h4-5,7,9-11,13,15,18H,6,8,12,14H2,1-3H3. The van der Waals surface area contributed by atoms with Gasteiger partial charge in [-0.15, -0.1) is 0 Å². The first-order valence-corrected chi connectivity index (χ1v) is 9.78. The maximum absolute atomic E-state index is 13.1. The molecule has 27 heavy (non-hydrogen) atoms. The van der Waals surface area contributed by atoms with E-state index < -0.39 is 0 Å². The van der Waals surface area contributed by atoms with Crippen LogP contribution in [0.15, 0.2) is 46.9 Å². The lowest BCUT2D eigenvalue weighted by atomic mass is 9.88. The average molecular weight is 362 g/mol. The second kappa shape index (κ2) is 7.18. The first-order valence-electron chi connectivity index (χ1n) is 9.78. The minimum Gasteiger partial charge on any atom is -0.440 e. The van der Waals surface area contributed by atoms with Crippen LogP contribution in [0, 0.1) is 6.92 Å². The van der Waals surface area contributed by atoms with Crippen LogP contribution in [0.1, 0.15) is 65.9 Å². The zero-order chi connectivity index (χ0) is 19.0. The van der Waals surface area contributed by atoms with Crippen molar-refractivity contribution in [3.63, 3.8) is 0 Å². The molecule has 1 amide bonds. The monoisotopic (exact) mass is 362 g/mol. The van der Waals surface area contributed by atoms with E-state index in [-0.39, 0.29) is 11.8 Å². The van der Waals surface area contributed by atoms with E-state index in [1.165, 1.54) is 11.1 Å². The van der Waals surface area contributed by atoms with Crippen LogP contribution in [0.5, 0.6) is 0 Å². The molecule has 0 saturated carbocycles. The number of piperidine rings is 1. The van der Waals surface area contributed by atoms with Gasteiger partial charge in [-0.2, -0.15) is 0 Å². The van der Waals surface area contributed by atoms with Gasteiger partial charge in [-0.1, -0.05) is 38.1 Å². The summed E-state index contributed by atoms with van der Waals surface area (Å²) in [7, 11) is 0. The van der Waals surface area contributed by atoms with E-state index in [9.17, 15) is 4.79 Å². The lowest BCUT2D eigenvalue weighted by molar-refractivity contribution is 0.0707. The highest BCUT2D eigenvalue weighted by Gasteiger charge is 2.26. The second-order valence-corrected chi connectivity index (χ2v) is 7.84. The summed E-state index contributed by atoms with van der Waals surface area (Å²) < 4.78 is 5.76. The number of carbonyl (C=O) groups is 1. The van der Waals surface area contributed by atoms with E-state index in [0.29, 0.717) is 17.4 Å². The van der Waals surface area contributed by atoms with Gasteiger partial charge >= 0.3 is 0 Å². The summed E-state index contributed by atoms with van der Waals surface area (Å²) in [6.07, 6.45) is 2.17. The number of nitrogens with zero attached hydrogens (tertiary/aromatic N) is 2. The maximum Gasteiger partial charge on any atom is 0.253 e. The summed E-state index contributed by atoms with van der Waals surface area (Å²) in [6.45, 7) is 7.85. The lowest BCUT2D eigenvalue weighted by Crippen LogP contribution is -2.39. The summed E-state index contributed by atoms with van der Waals surface area (Å²) in [4.78, 5) is 19.6. The molecular weight excluding hydrogens is 336 g/mol. The Bertz CT molecular complexity index is 973. The molecule has 4 nitrogen and oxygen atoms in total. The predicted molar refractivity (Wildman–Crippen MR) is 107 cm³/mol. The number of amides is 1. The third-order valence-corrected chi connectivity index (χ3v) is 5.48. The maximum atomic E-state index is 13.1. The van der Waals surface area contributed by atoms with Gasteiger partial charge in [0.15, 0.2) is 11.5 Å². The normalized spacial score (nSPS) is 17.6. The van der Waals surface area contributed by atoms with Gasteiger partial charge in [0, 0.05) is 30.5 Å². The molecule has 1 aliphatic heterocycles. The number of oxazole rings is 1. The van der Waals surface area contributed by atoms with Crippen molar-refractivity contribution in [2.24, 2.45) is 0 Å². The van der Waals surface area contributed by atoms with Crippen LogP contribution in [0.3, 0.4) is 0 Å². The molecule has 1 unspecified atom stereocenters. The predicted octanol–water partition coefficient (Wildman–Crippen LogP) is 5.28. The Morgan fingerprint density at radius 2 is 2.04 bits per heavy atom. The molecule has 0 bridgehead atoms. The van der Waals surface area contributed by atoms with Gasteiger partial charge in [-0.05, 0) is 49.1 Å². The molecule has 1 aliphatic rings. The highest BCUT2D eigenvalue weighted by Crippen LogP contribution is 2.30. The molecule has 2 heterocycles. The van der Waals surface area contributed by atoms with E-state index in [1.807, 2.05) is 23.1 Å². The van der Waals surface area contributed by atoms with Crippen LogP contribution >= 0.6 is 0 Å². The van der Waals surface area contributed by atoms with Crippen LogP contribution in [0.2, 0.25) is 0 Å². The van der Waals surface area contributed by atoms with E-state index in [4.69, 9.17) is 4.42 Å². The Balaban J connectivity index is 1.56. The van der Waals surface area contributed by atoms with Gasteiger partial charge in [0.25, 0.3) is 5.91 Å². The number of likely N-dealkylation sites (tertiary alicyclic amines) is 1.